The second-order valence-corrected chi connectivity index (χ2v) is 1.97. The van der Waals surface area contributed by atoms with Crippen LogP contribution >= 0.6 is 0 Å². The van der Waals surface area contributed by atoms with Crippen LogP contribution in [0.15, 0.2) is 24.0 Å². The van der Waals surface area contributed by atoms with Crippen LogP contribution in [-0.2, 0) is 19.1 Å². The third-order valence-corrected chi connectivity index (χ3v) is 1.09. The Labute approximate surface area is 66.9 Å². The van der Waals surface area contributed by atoms with E-state index in [1.54, 1.807) is 0 Å². The number of aliphatic carboxylic acids is 1. The molecule has 0 amide bonds. The minimum Gasteiger partial charge on any atom is -0.475 e. The zero-order valence-electron chi connectivity index (χ0n) is 5.81. The molecule has 0 aromatic heterocycles. The van der Waals surface area contributed by atoms with Crippen LogP contribution in [0, 0.1) is 0 Å². The number of carbonyl (C=O) groups excluding carboxylic acids is 2. The van der Waals surface area contributed by atoms with Crippen molar-refractivity contribution < 1.29 is 24.2 Å². The van der Waals surface area contributed by atoms with E-state index in [-0.39, 0.29) is 5.76 Å². The van der Waals surface area contributed by atoms with Gasteiger partial charge in [0.25, 0.3) is 5.78 Å². The highest BCUT2D eigenvalue weighted by atomic mass is 16.5. The second-order valence-electron chi connectivity index (χ2n) is 1.97. The number of allylic oxidation sites excluding steroid dienone is 1. The van der Waals surface area contributed by atoms with Gasteiger partial charge in [0.05, 0.1) is 0 Å². The SMILES string of the molecule is O=C1C=CC(=CC(=O)C(=O)O)O1. The van der Waals surface area contributed by atoms with E-state index in [0.717, 1.165) is 12.2 Å². The van der Waals surface area contributed by atoms with Crippen LogP contribution in [0.5, 0.6) is 0 Å². The van der Waals surface area contributed by atoms with Crippen molar-refractivity contribution in [2.75, 3.05) is 0 Å². The number of esters is 1. The maximum atomic E-state index is 10.5. The second kappa shape index (κ2) is 3.00. The average Bonchev–Trinajstić information content (AvgIpc) is 2.35. The van der Waals surface area contributed by atoms with E-state index in [9.17, 15) is 14.4 Å². The summed E-state index contributed by atoms with van der Waals surface area (Å²) in [5, 5.41) is 8.15. The Morgan fingerprint density at radius 1 is 1.42 bits per heavy atom. The van der Waals surface area contributed by atoms with Gasteiger partial charge < -0.3 is 9.84 Å². The van der Waals surface area contributed by atoms with Crippen molar-refractivity contribution in [3.8, 4) is 0 Å². The van der Waals surface area contributed by atoms with Crippen molar-refractivity contribution >= 4 is 17.7 Å². The highest BCUT2D eigenvalue weighted by molar-refractivity contribution is 6.37. The van der Waals surface area contributed by atoms with Crippen LogP contribution in [0.1, 0.15) is 0 Å². The van der Waals surface area contributed by atoms with E-state index < -0.39 is 17.7 Å². The van der Waals surface area contributed by atoms with Crippen molar-refractivity contribution in [1.82, 2.24) is 0 Å². The Bertz CT molecular complexity index is 310. The Hall–Kier alpha value is -1.91. The summed E-state index contributed by atoms with van der Waals surface area (Å²) < 4.78 is 4.41. The number of carboxylic acids is 1. The summed E-state index contributed by atoms with van der Waals surface area (Å²) in [6.07, 6.45) is 3.06. The molecule has 0 radical (unpaired) electrons. The minimum absolute atomic E-state index is 0.0487. The van der Waals surface area contributed by atoms with Crippen LogP contribution in [-0.4, -0.2) is 22.8 Å². The van der Waals surface area contributed by atoms with Gasteiger partial charge in [-0.25, -0.2) is 9.59 Å². The van der Waals surface area contributed by atoms with Crippen LogP contribution in [0.4, 0.5) is 0 Å². The monoisotopic (exact) mass is 168 g/mol. The fraction of sp³-hybridized carbons (Fsp3) is 0. The topological polar surface area (TPSA) is 80.7 Å². The first-order chi connectivity index (χ1) is 5.59. The van der Waals surface area contributed by atoms with Gasteiger partial charge in [0.2, 0.25) is 0 Å². The number of ether oxygens (including phenoxy) is 1. The molecule has 1 aliphatic rings. The number of ketones is 1. The third kappa shape index (κ3) is 1.79. The normalized spacial score (nSPS) is 18.0. The van der Waals surface area contributed by atoms with Gasteiger partial charge in [0, 0.05) is 12.2 Å². The molecule has 0 saturated carbocycles. The predicted molar refractivity (Wildman–Crippen MR) is 36.0 cm³/mol. The van der Waals surface area contributed by atoms with Crippen molar-refractivity contribution in [2.24, 2.45) is 0 Å². The van der Waals surface area contributed by atoms with Crippen LogP contribution in [0.2, 0.25) is 0 Å². The maximum Gasteiger partial charge on any atom is 0.376 e. The Balaban J connectivity index is 2.72. The molecule has 0 saturated heterocycles. The van der Waals surface area contributed by atoms with Crippen LogP contribution < -0.4 is 0 Å². The number of hydrogen-bond acceptors (Lipinski definition) is 4. The quantitative estimate of drug-likeness (QED) is 0.346. The summed E-state index contributed by atoms with van der Waals surface area (Å²) >= 11 is 0. The number of hydrogen-bond donors (Lipinski definition) is 1. The van der Waals surface area contributed by atoms with Gasteiger partial charge in [0.1, 0.15) is 5.76 Å². The van der Waals surface area contributed by atoms with E-state index in [0.29, 0.717) is 0 Å². The number of carbonyl (C=O) groups is 3. The van der Waals surface area contributed by atoms with Gasteiger partial charge in [-0.05, 0) is 6.08 Å². The average molecular weight is 168 g/mol. The minimum atomic E-state index is -1.58. The van der Waals surface area contributed by atoms with Gasteiger partial charge in [-0.2, -0.15) is 0 Å². The van der Waals surface area contributed by atoms with E-state index >= 15 is 0 Å². The molecular weight excluding hydrogens is 164 g/mol. The fourth-order valence-electron chi connectivity index (χ4n) is 0.603. The van der Waals surface area contributed by atoms with Crippen LogP contribution in [0.25, 0.3) is 0 Å². The lowest BCUT2D eigenvalue weighted by Gasteiger charge is -1.91. The first kappa shape index (κ1) is 8.19. The summed E-state index contributed by atoms with van der Waals surface area (Å²) in [4.78, 5) is 30.9. The number of carboxylic acid groups (broad SMARTS) is 1. The van der Waals surface area contributed by atoms with E-state index in [1.807, 2.05) is 0 Å². The lowest BCUT2D eigenvalue weighted by atomic mass is 10.3. The molecule has 5 heteroatoms. The maximum absolute atomic E-state index is 10.5. The Morgan fingerprint density at radius 3 is 2.50 bits per heavy atom. The Kier molecular flexibility index (Phi) is 2.05. The molecule has 1 N–H and O–H groups in total. The lowest BCUT2D eigenvalue weighted by molar-refractivity contribution is -0.147. The molecule has 0 fully saturated rings. The van der Waals surface area contributed by atoms with Crippen LogP contribution in [0.3, 0.4) is 0 Å². The zero-order chi connectivity index (χ0) is 9.14. The predicted octanol–water partition coefficient (Wildman–Crippen LogP) is -0.363. The fourth-order valence-corrected chi connectivity index (χ4v) is 0.603. The van der Waals surface area contributed by atoms with E-state index in [4.69, 9.17) is 5.11 Å². The van der Waals surface area contributed by atoms with Gasteiger partial charge in [-0.15, -0.1) is 0 Å². The summed E-state index contributed by atoms with van der Waals surface area (Å²) in [7, 11) is 0. The molecule has 62 valence electrons. The van der Waals surface area contributed by atoms with E-state index in [1.165, 1.54) is 6.08 Å². The molecule has 0 aromatic rings. The van der Waals surface area contributed by atoms with Gasteiger partial charge in [0.15, 0.2) is 0 Å². The molecule has 12 heavy (non-hydrogen) atoms. The highest BCUT2D eigenvalue weighted by Gasteiger charge is 2.14. The first-order valence-corrected chi connectivity index (χ1v) is 2.98. The third-order valence-electron chi connectivity index (χ3n) is 1.09. The number of rotatable bonds is 2. The van der Waals surface area contributed by atoms with E-state index in [2.05, 4.69) is 4.74 Å². The summed E-state index contributed by atoms with van der Waals surface area (Å²) in [5.74, 6) is -3.37. The Morgan fingerprint density at radius 2 is 2.08 bits per heavy atom. The molecular formula is C7H4O5. The molecule has 0 bridgehead atoms. The zero-order valence-corrected chi connectivity index (χ0v) is 5.81. The summed E-state index contributed by atoms with van der Waals surface area (Å²) in [6, 6.07) is 0. The molecule has 1 rings (SSSR count). The van der Waals surface area contributed by atoms with Crippen molar-refractivity contribution in [2.45, 2.75) is 0 Å². The van der Waals surface area contributed by atoms with Crippen molar-refractivity contribution in [1.29, 1.82) is 0 Å². The van der Waals surface area contributed by atoms with Crippen molar-refractivity contribution in [3.63, 3.8) is 0 Å². The first-order valence-electron chi connectivity index (χ1n) is 2.98. The molecule has 0 aromatic carbocycles. The van der Waals surface area contributed by atoms with Gasteiger partial charge in [-0.3, -0.25) is 4.79 Å². The molecule has 0 aliphatic carbocycles. The largest absolute Gasteiger partial charge is 0.475 e. The molecule has 5 nitrogen and oxygen atoms in total. The molecule has 0 spiro atoms. The summed E-state index contributed by atoms with van der Waals surface area (Å²) in [5.41, 5.74) is 0. The van der Waals surface area contributed by atoms with Crippen molar-refractivity contribution in [3.05, 3.63) is 24.0 Å². The molecule has 0 atom stereocenters. The molecule has 0 unspecified atom stereocenters. The van der Waals surface area contributed by atoms with Gasteiger partial charge in [-0.1, -0.05) is 0 Å². The highest BCUT2D eigenvalue weighted by Crippen LogP contribution is 2.08. The van der Waals surface area contributed by atoms with Gasteiger partial charge >= 0.3 is 11.9 Å². The standard InChI is InChI=1S/C7H4O5/c8-5(7(10)11)3-4-1-2-6(9)12-4/h1-3H,(H,10,11). The number of cyclic esters (lactones) is 1. The summed E-state index contributed by atoms with van der Waals surface area (Å²) in [6.45, 7) is 0. The smallest absolute Gasteiger partial charge is 0.376 e. The lowest BCUT2D eigenvalue weighted by Crippen LogP contribution is -2.09. The molecule has 1 aliphatic heterocycles. The molecule has 1 heterocycles.